The summed E-state index contributed by atoms with van der Waals surface area (Å²) in [4.78, 5) is 0. The Balaban J connectivity index is 1.14. The second-order valence-electron chi connectivity index (χ2n) is 12.4. The summed E-state index contributed by atoms with van der Waals surface area (Å²) in [7, 11) is 0. The maximum atomic E-state index is 9.58. The number of aromatic nitrogens is 2. The Bertz CT molecular complexity index is 3090. The first-order chi connectivity index (χ1) is 24.2. The van der Waals surface area contributed by atoms with Crippen LogP contribution >= 0.6 is 0 Å². The van der Waals surface area contributed by atoms with E-state index in [4.69, 9.17) is 4.42 Å². The van der Waals surface area contributed by atoms with Crippen molar-refractivity contribution in [1.82, 2.24) is 9.13 Å². The Morgan fingerprint density at radius 1 is 0.388 bits per heavy atom. The van der Waals surface area contributed by atoms with Gasteiger partial charge in [0.2, 0.25) is 0 Å². The molecular weight excluding hydrogens is 601 g/mol. The molecule has 3 aromatic heterocycles. The van der Waals surface area contributed by atoms with Crippen molar-refractivity contribution in [2.45, 2.75) is 0 Å². The normalized spacial score (nSPS) is 11.6. The SMILES string of the molecule is N#Cc1ccc2c(c1)c1ccccc1n2-c1cccc(-c2ccc3oc4ccc(-n5c6ccccc6c6cc(C#N)ccc65)cc4c3c2)c1. The van der Waals surface area contributed by atoms with Crippen LogP contribution in [0.4, 0.5) is 0 Å². The van der Waals surface area contributed by atoms with Crippen molar-refractivity contribution < 1.29 is 4.42 Å². The minimum absolute atomic E-state index is 0.648. The second-order valence-corrected chi connectivity index (χ2v) is 12.4. The molecule has 0 aliphatic heterocycles. The van der Waals surface area contributed by atoms with Crippen molar-refractivity contribution in [3.05, 3.63) is 157 Å². The molecule has 0 fully saturated rings. The van der Waals surface area contributed by atoms with E-state index in [-0.39, 0.29) is 0 Å². The van der Waals surface area contributed by atoms with Crippen molar-refractivity contribution in [2.24, 2.45) is 0 Å². The molecule has 0 atom stereocenters. The molecule has 10 rings (SSSR count). The third kappa shape index (κ3) is 3.97. The third-order valence-corrected chi connectivity index (χ3v) is 9.75. The molecule has 0 N–H and O–H groups in total. The van der Waals surface area contributed by atoms with Crippen LogP contribution in [0.15, 0.2) is 150 Å². The average Bonchev–Trinajstić information content (AvgIpc) is 3.81. The molecular formula is C44H24N4O. The van der Waals surface area contributed by atoms with E-state index in [0.29, 0.717) is 11.1 Å². The maximum absolute atomic E-state index is 9.58. The van der Waals surface area contributed by atoms with Gasteiger partial charge >= 0.3 is 0 Å². The Hall–Kier alpha value is -7.08. The molecule has 10 aromatic rings. The van der Waals surface area contributed by atoms with Gasteiger partial charge in [0.1, 0.15) is 11.2 Å². The molecule has 0 spiro atoms. The average molecular weight is 625 g/mol. The van der Waals surface area contributed by atoms with Crippen LogP contribution in [0.3, 0.4) is 0 Å². The number of benzene rings is 7. The van der Waals surface area contributed by atoms with Gasteiger partial charge in [-0.05, 0) is 102 Å². The van der Waals surface area contributed by atoms with Gasteiger partial charge in [-0.1, -0.05) is 54.6 Å². The van der Waals surface area contributed by atoms with Gasteiger partial charge in [0, 0.05) is 43.7 Å². The Labute approximate surface area is 280 Å². The zero-order chi connectivity index (χ0) is 32.6. The predicted octanol–water partition coefficient (Wildman–Crippen LogP) is 11.2. The first kappa shape index (κ1) is 27.1. The van der Waals surface area contributed by atoms with E-state index in [1.54, 1.807) is 0 Å². The van der Waals surface area contributed by atoms with Crippen molar-refractivity contribution in [3.8, 4) is 34.6 Å². The van der Waals surface area contributed by atoms with Crippen molar-refractivity contribution >= 4 is 65.6 Å². The summed E-state index contributed by atoms with van der Waals surface area (Å²) in [5, 5.41) is 25.6. The van der Waals surface area contributed by atoms with Crippen LogP contribution in [0.5, 0.6) is 0 Å². The fourth-order valence-electron chi connectivity index (χ4n) is 7.55. The van der Waals surface area contributed by atoms with Crippen LogP contribution in [0.25, 0.3) is 88.1 Å². The van der Waals surface area contributed by atoms with Gasteiger partial charge < -0.3 is 13.6 Å². The summed E-state index contributed by atoms with van der Waals surface area (Å²) in [6, 6.07) is 54.5. The summed E-state index contributed by atoms with van der Waals surface area (Å²) in [6.07, 6.45) is 0. The minimum atomic E-state index is 0.648. The van der Waals surface area contributed by atoms with Crippen LogP contribution in [-0.2, 0) is 0 Å². The second kappa shape index (κ2) is 10.2. The highest BCUT2D eigenvalue weighted by molar-refractivity contribution is 6.12. The zero-order valence-electron chi connectivity index (χ0n) is 26.1. The monoisotopic (exact) mass is 624 g/mol. The van der Waals surface area contributed by atoms with Gasteiger partial charge in [0.15, 0.2) is 0 Å². The molecule has 5 heteroatoms. The van der Waals surface area contributed by atoms with Crippen LogP contribution in [0.2, 0.25) is 0 Å². The quantitative estimate of drug-likeness (QED) is 0.196. The molecule has 0 amide bonds. The number of nitrogens with zero attached hydrogens (tertiary/aromatic N) is 4. The lowest BCUT2D eigenvalue weighted by Crippen LogP contribution is -1.94. The summed E-state index contributed by atoms with van der Waals surface area (Å²) in [5.41, 5.74) is 11.6. The molecule has 0 radical (unpaired) electrons. The molecule has 0 saturated carbocycles. The van der Waals surface area contributed by atoms with E-state index in [1.165, 1.54) is 0 Å². The van der Waals surface area contributed by atoms with Crippen LogP contribution in [-0.4, -0.2) is 9.13 Å². The number of fused-ring (bicyclic) bond motifs is 9. The van der Waals surface area contributed by atoms with Crippen molar-refractivity contribution in [1.29, 1.82) is 10.5 Å². The lowest BCUT2D eigenvalue weighted by Gasteiger charge is -2.10. The highest BCUT2D eigenvalue weighted by Crippen LogP contribution is 2.38. The lowest BCUT2D eigenvalue weighted by molar-refractivity contribution is 0.669. The first-order valence-electron chi connectivity index (χ1n) is 16.1. The van der Waals surface area contributed by atoms with Crippen LogP contribution in [0, 0.1) is 22.7 Å². The smallest absolute Gasteiger partial charge is 0.135 e. The highest BCUT2D eigenvalue weighted by atomic mass is 16.3. The van der Waals surface area contributed by atoms with E-state index in [1.807, 2.05) is 48.5 Å². The first-order valence-corrected chi connectivity index (χ1v) is 16.1. The molecule has 0 bridgehead atoms. The van der Waals surface area contributed by atoms with Gasteiger partial charge in [-0.3, -0.25) is 0 Å². The molecule has 0 unspecified atom stereocenters. The van der Waals surface area contributed by atoms with E-state index in [9.17, 15) is 10.5 Å². The number of hydrogen-bond donors (Lipinski definition) is 0. The standard InChI is InChI=1S/C44H24N4O/c45-25-27-12-16-41-35(20-27)33-8-1-3-10-39(33)47(41)31-7-5-6-29(22-31)30-14-18-43-37(23-30)38-24-32(15-19-44(38)49-43)48-40-11-4-2-9-34(40)36-21-28(26-46)13-17-42(36)48/h1-24H. The lowest BCUT2D eigenvalue weighted by atomic mass is 10.0. The van der Waals surface area contributed by atoms with Gasteiger partial charge in [0.05, 0.1) is 45.3 Å². The minimum Gasteiger partial charge on any atom is -0.456 e. The Morgan fingerprint density at radius 3 is 1.55 bits per heavy atom. The summed E-state index contributed by atoms with van der Waals surface area (Å²) < 4.78 is 10.9. The molecule has 0 saturated heterocycles. The number of hydrogen-bond acceptors (Lipinski definition) is 3. The van der Waals surface area contributed by atoms with Crippen molar-refractivity contribution in [3.63, 3.8) is 0 Å². The van der Waals surface area contributed by atoms with Gasteiger partial charge in [-0.15, -0.1) is 0 Å². The molecule has 5 nitrogen and oxygen atoms in total. The number of rotatable bonds is 3. The molecule has 3 heterocycles. The summed E-state index contributed by atoms with van der Waals surface area (Å²) in [5.74, 6) is 0. The van der Waals surface area contributed by atoms with Crippen LogP contribution < -0.4 is 0 Å². The molecule has 0 aliphatic carbocycles. The molecule has 226 valence electrons. The molecule has 49 heavy (non-hydrogen) atoms. The van der Waals surface area contributed by atoms with Crippen molar-refractivity contribution in [2.75, 3.05) is 0 Å². The van der Waals surface area contributed by atoms with E-state index < -0.39 is 0 Å². The number of para-hydroxylation sites is 2. The van der Waals surface area contributed by atoms with Gasteiger partial charge in [0.25, 0.3) is 0 Å². The number of furan rings is 1. The Morgan fingerprint density at radius 2 is 0.918 bits per heavy atom. The summed E-state index contributed by atoms with van der Waals surface area (Å²) in [6.45, 7) is 0. The number of nitriles is 2. The van der Waals surface area contributed by atoms with E-state index in [2.05, 4.69) is 118 Å². The van der Waals surface area contributed by atoms with Crippen LogP contribution in [0.1, 0.15) is 11.1 Å². The molecule has 0 aliphatic rings. The fraction of sp³-hybridized carbons (Fsp3) is 0. The topological polar surface area (TPSA) is 70.6 Å². The zero-order valence-corrected chi connectivity index (χ0v) is 26.1. The van der Waals surface area contributed by atoms with E-state index in [0.717, 1.165) is 88.1 Å². The predicted molar refractivity (Wildman–Crippen MR) is 197 cm³/mol. The Kier molecular flexibility index (Phi) is 5.64. The van der Waals surface area contributed by atoms with Gasteiger partial charge in [-0.2, -0.15) is 10.5 Å². The largest absolute Gasteiger partial charge is 0.456 e. The fourth-order valence-corrected chi connectivity index (χ4v) is 7.55. The molecule has 7 aromatic carbocycles. The highest BCUT2D eigenvalue weighted by Gasteiger charge is 2.17. The van der Waals surface area contributed by atoms with Gasteiger partial charge in [-0.25, -0.2) is 0 Å². The maximum Gasteiger partial charge on any atom is 0.135 e. The summed E-state index contributed by atoms with van der Waals surface area (Å²) >= 11 is 0. The third-order valence-electron chi connectivity index (χ3n) is 9.75. The van der Waals surface area contributed by atoms with E-state index >= 15 is 0 Å².